The summed E-state index contributed by atoms with van der Waals surface area (Å²) in [5.74, 6) is -2.22. The number of ether oxygens (including phenoxy) is 3. The maximum Gasteiger partial charge on any atom is 0.335 e. The number of aliphatic hydroxyl groups excluding tert-OH is 5. The normalized spacial score (nSPS) is 42.5. The van der Waals surface area contributed by atoms with E-state index in [1.54, 1.807) is 6.08 Å². The lowest BCUT2D eigenvalue weighted by atomic mass is 9.83. The quantitative estimate of drug-likeness (QED) is 0.288. The lowest BCUT2D eigenvalue weighted by molar-refractivity contribution is -0.339. The molecule has 10 nitrogen and oxygen atoms in total. The average Bonchev–Trinajstić information content (AvgIpc) is 3.06. The first-order valence-corrected chi connectivity index (χ1v) is 8.23. The lowest BCUT2D eigenvalue weighted by Gasteiger charge is -2.42. The molecule has 8 atom stereocenters. The van der Waals surface area contributed by atoms with Gasteiger partial charge in [-0.2, -0.15) is 0 Å². The van der Waals surface area contributed by atoms with Crippen molar-refractivity contribution in [1.82, 2.24) is 0 Å². The standard InChI is InChI=1S/C16H22O10/c17-3-6-1-2-7-8(14(22)23)5-24-15(10(6)7)26-16-13(21)12(20)11(19)9(4-18)25-16/h1,5,7,9-13,15-21H,2-4H2,(H,22,23)/t7-,9-,10-,11-,12+,13-,15-,16+/m1/s1. The number of fused-ring (bicyclic) bond motifs is 1. The number of carbonyl (C=O) groups is 1. The zero-order valence-corrected chi connectivity index (χ0v) is 13.7. The molecule has 26 heavy (non-hydrogen) atoms. The summed E-state index contributed by atoms with van der Waals surface area (Å²) in [5, 5.41) is 57.8. The molecule has 1 fully saturated rings. The third kappa shape index (κ3) is 3.25. The van der Waals surface area contributed by atoms with Gasteiger partial charge in [0, 0.05) is 5.92 Å². The monoisotopic (exact) mass is 374 g/mol. The second kappa shape index (κ2) is 7.61. The van der Waals surface area contributed by atoms with Crippen molar-refractivity contribution in [3.05, 3.63) is 23.5 Å². The minimum absolute atomic E-state index is 0.0448. The van der Waals surface area contributed by atoms with E-state index < -0.39 is 61.4 Å². The number of carboxylic acid groups (broad SMARTS) is 1. The second-order valence-electron chi connectivity index (χ2n) is 6.52. The number of hydrogen-bond donors (Lipinski definition) is 6. The van der Waals surface area contributed by atoms with E-state index in [1.165, 1.54) is 0 Å². The molecule has 0 amide bonds. The average molecular weight is 374 g/mol. The summed E-state index contributed by atoms with van der Waals surface area (Å²) in [7, 11) is 0. The van der Waals surface area contributed by atoms with E-state index >= 15 is 0 Å². The van der Waals surface area contributed by atoms with E-state index in [9.17, 15) is 35.4 Å². The van der Waals surface area contributed by atoms with Crippen molar-refractivity contribution in [2.45, 2.75) is 43.4 Å². The second-order valence-corrected chi connectivity index (χ2v) is 6.52. The number of carboxylic acids is 1. The number of rotatable bonds is 5. The molecule has 1 saturated heterocycles. The summed E-state index contributed by atoms with van der Waals surface area (Å²) < 4.78 is 16.3. The highest BCUT2D eigenvalue weighted by Crippen LogP contribution is 2.44. The number of aliphatic carboxylic acids is 1. The van der Waals surface area contributed by atoms with Crippen molar-refractivity contribution in [2.75, 3.05) is 13.2 Å². The van der Waals surface area contributed by atoms with Crippen LogP contribution in [0.1, 0.15) is 6.42 Å². The fourth-order valence-corrected chi connectivity index (χ4v) is 3.62. The first-order valence-electron chi connectivity index (χ1n) is 8.23. The van der Waals surface area contributed by atoms with Crippen molar-refractivity contribution < 1.29 is 49.6 Å². The van der Waals surface area contributed by atoms with Gasteiger partial charge in [-0.05, 0) is 12.0 Å². The molecule has 0 aromatic heterocycles. The van der Waals surface area contributed by atoms with Gasteiger partial charge in [0.2, 0.25) is 6.29 Å². The van der Waals surface area contributed by atoms with Crippen LogP contribution in [-0.2, 0) is 19.0 Å². The summed E-state index contributed by atoms with van der Waals surface area (Å²) >= 11 is 0. The van der Waals surface area contributed by atoms with Crippen LogP contribution in [0.15, 0.2) is 23.5 Å². The molecule has 3 rings (SSSR count). The summed E-state index contributed by atoms with van der Waals surface area (Å²) in [6, 6.07) is 0. The van der Waals surface area contributed by atoms with Crippen LogP contribution in [0.2, 0.25) is 0 Å². The van der Waals surface area contributed by atoms with Gasteiger partial charge in [-0.3, -0.25) is 0 Å². The van der Waals surface area contributed by atoms with Crippen molar-refractivity contribution in [3.8, 4) is 0 Å². The van der Waals surface area contributed by atoms with Crippen LogP contribution in [0, 0.1) is 11.8 Å². The molecule has 0 saturated carbocycles. The maximum atomic E-state index is 11.4. The predicted molar refractivity (Wildman–Crippen MR) is 82.2 cm³/mol. The third-order valence-electron chi connectivity index (χ3n) is 5.06. The Labute approximate surface area is 148 Å². The Balaban J connectivity index is 1.80. The van der Waals surface area contributed by atoms with Gasteiger partial charge in [0.15, 0.2) is 6.29 Å². The summed E-state index contributed by atoms with van der Waals surface area (Å²) in [6.45, 7) is -0.917. The molecule has 10 heteroatoms. The first kappa shape index (κ1) is 19.2. The molecule has 2 heterocycles. The Morgan fingerprint density at radius 3 is 2.50 bits per heavy atom. The van der Waals surface area contributed by atoms with Crippen LogP contribution >= 0.6 is 0 Å². The van der Waals surface area contributed by atoms with Gasteiger partial charge in [0.05, 0.1) is 31.0 Å². The summed E-state index contributed by atoms with van der Waals surface area (Å²) in [4.78, 5) is 11.4. The van der Waals surface area contributed by atoms with Crippen LogP contribution in [0.5, 0.6) is 0 Å². The summed E-state index contributed by atoms with van der Waals surface area (Å²) in [5.41, 5.74) is 0.583. The maximum absolute atomic E-state index is 11.4. The zero-order chi connectivity index (χ0) is 19.0. The summed E-state index contributed by atoms with van der Waals surface area (Å²) in [6.07, 6.45) is -5.21. The molecule has 2 aliphatic heterocycles. The molecule has 0 unspecified atom stereocenters. The van der Waals surface area contributed by atoms with E-state index in [2.05, 4.69) is 0 Å². The van der Waals surface area contributed by atoms with E-state index in [0.717, 1.165) is 6.26 Å². The van der Waals surface area contributed by atoms with Gasteiger partial charge in [0.1, 0.15) is 24.4 Å². The van der Waals surface area contributed by atoms with Gasteiger partial charge >= 0.3 is 5.97 Å². The van der Waals surface area contributed by atoms with Crippen LogP contribution in [0.25, 0.3) is 0 Å². The fourth-order valence-electron chi connectivity index (χ4n) is 3.62. The number of hydrogen-bond acceptors (Lipinski definition) is 9. The van der Waals surface area contributed by atoms with Gasteiger partial charge in [-0.25, -0.2) is 4.79 Å². The highest BCUT2D eigenvalue weighted by atomic mass is 16.8. The van der Waals surface area contributed by atoms with E-state index in [1.807, 2.05) is 0 Å². The van der Waals surface area contributed by atoms with Gasteiger partial charge in [0.25, 0.3) is 0 Å². The molecular weight excluding hydrogens is 352 g/mol. The van der Waals surface area contributed by atoms with Crippen LogP contribution < -0.4 is 0 Å². The molecule has 146 valence electrons. The van der Waals surface area contributed by atoms with Crippen LogP contribution in [-0.4, -0.2) is 86.8 Å². The first-order chi connectivity index (χ1) is 12.4. The van der Waals surface area contributed by atoms with Gasteiger partial charge in [-0.1, -0.05) is 6.08 Å². The molecule has 0 bridgehead atoms. The molecular formula is C16H22O10. The SMILES string of the molecule is O=C(O)C1=CO[C@H](O[C@@H]2O[C@H](CO)[C@@H](O)[C@H](O)[C@H]2O)[C@@H]2C(CO)=CC[C@H]12. The number of aliphatic hydroxyl groups is 5. The van der Waals surface area contributed by atoms with E-state index in [0.29, 0.717) is 12.0 Å². The Morgan fingerprint density at radius 1 is 1.15 bits per heavy atom. The third-order valence-corrected chi connectivity index (χ3v) is 5.06. The molecule has 0 radical (unpaired) electrons. The minimum atomic E-state index is -1.61. The van der Waals surface area contributed by atoms with E-state index in [4.69, 9.17) is 14.2 Å². The van der Waals surface area contributed by atoms with Crippen molar-refractivity contribution >= 4 is 5.97 Å². The lowest BCUT2D eigenvalue weighted by Crippen LogP contribution is -2.60. The smallest absolute Gasteiger partial charge is 0.335 e. The van der Waals surface area contributed by atoms with Gasteiger partial charge in [-0.15, -0.1) is 0 Å². The Bertz CT molecular complexity index is 600. The van der Waals surface area contributed by atoms with E-state index in [-0.39, 0.29) is 12.2 Å². The largest absolute Gasteiger partial charge is 0.478 e. The Morgan fingerprint density at radius 2 is 1.88 bits per heavy atom. The highest BCUT2D eigenvalue weighted by molar-refractivity contribution is 5.87. The van der Waals surface area contributed by atoms with Crippen molar-refractivity contribution in [1.29, 1.82) is 0 Å². The number of allylic oxidation sites excluding steroid dienone is 1. The fraction of sp³-hybridized carbons (Fsp3) is 0.688. The zero-order valence-electron chi connectivity index (χ0n) is 13.7. The molecule has 0 aromatic rings. The topological polar surface area (TPSA) is 166 Å². The Kier molecular flexibility index (Phi) is 5.63. The predicted octanol–water partition coefficient (Wildman–Crippen LogP) is -2.32. The highest BCUT2D eigenvalue weighted by Gasteiger charge is 2.49. The Hall–Kier alpha value is -1.53. The minimum Gasteiger partial charge on any atom is -0.478 e. The molecule has 0 spiro atoms. The van der Waals surface area contributed by atoms with Gasteiger partial charge < -0.3 is 44.8 Å². The molecule has 3 aliphatic rings. The van der Waals surface area contributed by atoms with Crippen molar-refractivity contribution in [2.24, 2.45) is 11.8 Å². The van der Waals surface area contributed by atoms with Crippen LogP contribution in [0.3, 0.4) is 0 Å². The molecule has 1 aliphatic carbocycles. The molecule has 6 N–H and O–H groups in total. The van der Waals surface area contributed by atoms with Crippen LogP contribution in [0.4, 0.5) is 0 Å². The van der Waals surface area contributed by atoms with Crippen molar-refractivity contribution in [3.63, 3.8) is 0 Å². The molecule has 0 aromatic carbocycles.